The van der Waals surface area contributed by atoms with Crippen molar-refractivity contribution in [1.82, 2.24) is 14.5 Å². The van der Waals surface area contributed by atoms with Crippen LogP contribution in [0.4, 0.5) is 0 Å². The Kier molecular flexibility index (Phi) is 4.83. The van der Waals surface area contributed by atoms with E-state index in [9.17, 15) is 0 Å². The van der Waals surface area contributed by atoms with E-state index in [1.165, 1.54) is 27.4 Å². The number of hydrogen-bond donors (Lipinski definition) is 0. The first kappa shape index (κ1) is 18.1. The highest BCUT2D eigenvalue weighted by molar-refractivity contribution is 7.13. The average molecular weight is 394 g/mol. The molecule has 146 valence electrons. The Hall–Kier alpha value is -1.95. The molecule has 1 spiro atoms. The van der Waals surface area contributed by atoms with Crippen LogP contribution in [0, 0.1) is 0 Å². The van der Waals surface area contributed by atoms with Crippen molar-refractivity contribution in [3.05, 3.63) is 65.1 Å². The molecule has 5 heteroatoms. The zero-order valence-electron chi connectivity index (χ0n) is 16.4. The Morgan fingerprint density at radius 3 is 2.68 bits per heavy atom. The van der Waals surface area contributed by atoms with Crippen LogP contribution in [0.1, 0.15) is 36.7 Å². The maximum atomic E-state index is 5.74. The van der Waals surface area contributed by atoms with E-state index in [2.05, 4.69) is 58.2 Å². The van der Waals surface area contributed by atoms with E-state index in [4.69, 9.17) is 9.72 Å². The normalized spacial score (nSPS) is 19.0. The van der Waals surface area contributed by atoms with Crippen LogP contribution >= 0.6 is 11.3 Å². The Balaban J connectivity index is 1.44. The maximum Gasteiger partial charge on any atom is 0.0952 e. The lowest BCUT2D eigenvalue weighted by Crippen LogP contribution is -2.53. The highest BCUT2D eigenvalue weighted by atomic mass is 32.1. The molecule has 0 amide bonds. The van der Waals surface area contributed by atoms with E-state index in [0.717, 1.165) is 52.1 Å². The molecule has 2 aliphatic heterocycles. The average Bonchev–Trinajstić information content (AvgIpc) is 3.42. The monoisotopic (exact) mass is 393 g/mol. The second kappa shape index (κ2) is 7.47. The van der Waals surface area contributed by atoms with E-state index in [1.54, 1.807) is 11.3 Å². The largest absolute Gasteiger partial charge is 0.381 e. The zero-order valence-corrected chi connectivity index (χ0v) is 17.3. The van der Waals surface area contributed by atoms with Crippen LogP contribution in [0.3, 0.4) is 0 Å². The smallest absolute Gasteiger partial charge is 0.0952 e. The number of aryl methyl sites for hydroxylation is 1. The molecule has 3 aromatic rings. The van der Waals surface area contributed by atoms with E-state index < -0.39 is 0 Å². The summed E-state index contributed by atoms with van der Waals surface area (Å²) >= 11 is 1.80. The molecule has 4 heterocycles. The molecule has 1 saturated heterocycles. The van der Waals surface area contributed by atoms with E-state index in [1.807, 2.05) is 6.33 Å². The van der Waals surface area contributed by atoms with Crippen LogP contribution in [0.2, 0.25) is 0 Å². The first-order valence-electron chi connectivity index (χ1n) is 10.3. The van der Waals surface area contributed by atoms with E-state index >= 15 is 0 Å². The maximum absolute atomic E-state index is 5.74. The van der Waals surface area contributed by atoms with Gasteiger partial charge in [0.15, 0.2) is 0 Å². The standard InChI is InChI=1S/C23H27N3OS/c1-2-25-17-24-22-20(25)9-12-26(23(22)10-13-27-14-11-23)16-18-5-7-19(8-6-18)21-4-3-15-28-21/h3-8,15,17H,2,9-14,16H2,1H3. The number of nitrogens with zero attached hydrogens (tertiary/aromatic N) is 3. The molecule has 2 aliphatic rings. The van der Waals surface area contributed by atoms with Crippen molar-refractivity contribution in [3.63, 3.8) is 0 Å². The number of imidazole rings is 1. The molecule has 1 fully saturated rings. The molecule has 4 nitrogen and oxygen atoms in total. The predicted molar refractivity (Wildman–Crippen MR) is 114 cm³/mol. The third-order valence-corrected chi connectivity index (χ3v) is 7.32. The fourth-order valence-corrected chi connectivity index (χ4v) is 5.60. The summed E-state index contributed by atoms with van der Waals surface area (Å²) in [5.41, 5.74) is 5.46. The van der Waals surface area contributed by atoms with Crippen molar-refractivity contribution in [3.8, 4) is 10.4 Å². The fraction of sp³-hybridized carbons (Fsp3) is 0.435. The Bertz CT molecular complexity index is 923. The minimum atomic E-state index is 0.0265. The van der Waals surface area contributed by atoms with Crippen molar-refractivity contribution in [2.24, 2.45) is 0 Å². The van der Waals surface area contributed by atoms with Crippen LogP contribution in [-0.4, -0.2) is 34.2 Å². The first-order chi connectivity index (χ1) is 13.8. The topological polar surface area (TPSA) is 30.3 Å². The number of benzene rings is 1. The molecule has 0 radical (unpaired) electrons. The molecule has 1 aromatic carbocycles. The van der Waals surface area contributed by atoms with Crippen molar-refractivity contribution >= 4 is 11.3 Å². The fourth-order valence-electron chi connectivity index (χ4n) is 4.87. The third kappa shape index (κ3) is 3.02. The van der Waals surface area contributed by atoms with Gasteiger partial charge >= 0.3 is 0 Å². The minimum Gasteiger partial charge on any atom is -0.381 e. The molecule has 0 bridgehead atoms. The zero-order chi connectivity index (χ0) is 19.0. The molecule has 28 heavy (non-hydrogen) atoms. The highest BCUT2D eigenvalue weighted by Gasteiger charge is 2.46. The number of fused-ring (bicyclic) bond motifs is 2. The van der Waals surface area contributed by atoms with E-state index in [0.29, 0.717) is 0 Å². The van der Waals surface area contributed by atoms with Gasteiger partial charge in [-0.1, -0.05) is 30.3 Å². The molecule has 0 N–H and O–H groups in total. The number of aromatic nitrogens is 2. The van der Waals surface area contributed by atoms with Gasteiger partial charge in [0.1, 0.15) is 0 Å². The van der Waals surface area contributed by atoms with Crippen molar-refractivity contribution < 1.29 is 4.74 Å². The van der Waals surface area contributed by atoms with Gasteiger partial charge < -0.3 is 9.30 Å². The molecule has 0 unspecified atom stereocenters. The molecule has 0 saturated carbocycles. The molecule has 0 aliphatic carbocycles. The van der Waals surface area contributed by atoms with Crippen LogP contribution in [0.15, 0.2) is 48.1 Å². The van der Waals surface area contributed by atoms with Gasteiger partial charge in [-0.05, 0) is 42.3 Å². The van der Waals surface area contributed by atoms with Crippen molar-refractivity contribution in [2.75, 3.05) is 19.8 Å². The summed E-state index contributed by atoms with van der Waals surface area (Å²) in [5.74, 6) is 0. The lowest BCUT2D eigenvalue weighted by atomic mass is 9.80. The minimum absolute atomic E-state index is 0.0265. The molecule has 0 atom stereocenters. The van der Waals surface area contributed by atoms with Crippen LogP contribution in [0.25, 0.3) is 10.4 Å². The van der Waals surface area contributed by atoms with Crippen LogP contribution < -0.4 is 0 Å². The summed E-state index contributed by atoms with van der Waals surface area (Å²) in [6.07, 6.45) is 5.20. The van der Waals surface area contributed by atoms with Crippen molar-refractivity contribution in [2.45, 2.75) is 44.8 Å². The summed E-state index contributed by atoms with van der Waals surface area (Å²) in [5, 5.41) is 2.14. The SMILES string of the molecule is CCn1cnc2c1CCN(Cc1ccc(-c3cccs3)cc1)C21CCOCC1. The summed E-state index contributed by atoms with van der Waals surface area (Å²) in [6.45, 7) is 6.92. The van der Waals surface area contributed by atoms with E-state index in [-0.39, 0.29) is 5.54 Å². The third-order valence-electron chi connectivity index (χ3n) is 6.40. The van der Waals surface area contributed by atoms with Crippen molar-refractivity contribution in [1.29, 1.82) is 0 Å². The highest BCUT2D eigenvalue weighted by Crippen LogP contribution is 2.43. The Morgan fingerprint density at radius 2 is 1.96 bits per heavy atom. The van der Waals surface area contributed by atoms with Crippen LogP contribution in [0.5, 0.6) is 0 Å². The molecule has 2 aromatic heterocycles. The van der Waals surface area contributed by atoms with Gasteiger partial charge in [-0.15, -0.1) is 11.3 Å². The molecular formula is C23H27N3OS. The van der Waals surface area contributed by atoms with Gasteiger partial charge in [-0.3, -0.25) is 4.90 Å². The second-order valence-corrected chi connectivity index (χ2v) is 8.76. The van der Waals surface area contributed by atoms with Gasteiger partial charge in [0.2, 0.25) is 0 Å². The lowest BCUT2D eigenvalue weighted by molar-refractivity contribution is -0.0453. The predicted octanol–water partition coefficient (Wildman–Crippen LogP) is 4.70. The second-order valence-electron chi connectivity index (χ2n) is 7.82. The Morgan fingerprint density at radius 1 is 1.14 bits per heavy atom. The summed E-state index contributed by atoms with van der Waals surface area (Å²) in [6, 6.07) is 13.4. The molecule has 5 rings (SSSR count). The summed E-state index contributed by atoms with van der Waals surface area (Å²) in [7, 11) is 0. The summed E-state index contributed by atoms with van der Waals surface area (Å²) in [4.78, 5) is 8.92. The van der Waals surface area contributed by atoms with Gasteiger partial charge in [-0.2, -0.15) is 0 Å². The number of rotatable bonds is 4. The van der Waals surface area contributed by atoms with Gasteiger partial charge in [0, 0.05) is 49.8 Å². The van der Waals surface area contributed by atoms with Gasteiger partial charge in [0.05, 0.1) is 17.6 Å². The molecular weight excluding hydrogens is 366 g/mol. The number of hydrogen-bond acceptors (Lipinski definition) is 4. The Labute approximate surface area is 170 Å². The number of thiophene rings is 1. The van der Waals surface area contributed by atoms with Gasteiger partial charge in [-0.25, -0.2) is 4.98 Å². The quantitative estimate of drug-likeness (QED) is 0.644. The number of ether oxygens (including phenoxy) is 1. The lowest BCUT2D eigenvalue weighted by Gasteiger charge is -2.48. The van der Waals surface area contributed by atoms with Crippen LogP contribution in [-0.2, 0) is 29.8 Å². The first-order valence-corrected chi connectivity index (χ1v) is 11.2. The van der Waals surface area contributed by atoms with Gasteiger partial charge in [0.25, 0.3) is 0 Å². The summed E-state index contributed by atoms with van der Waals surface area (Å²) < 4.78 is 8.07.